The molecule has 0 saturated heterocycles. The number of halogens is 1. The van der Waals surface area contributed by atoms with Crippen molar-refractivity contribution in [3.8, 4) is 11.5 Å². The van der Waals surface area contributed by atoms with Crippen LogP contribution in [0.25, 0.3) is 6.08 Å². The zero-order valence-electron chi connectivity index (χ0n) is 14.3. The number of hydrogen-bond donors (Lipinski definition) is 2. The van der Waals surface area contributed by atoms with Crippen LogP contribution in [-0.2, 0) is 9.59 Å². The number of carbonyl (C=O) groups is 2. The Morgan fingerprint density at radius 2 is 2.00 bits per heavy atom. The van der Waals surface area contributed by atoms with Gasteiger partial charge in [0.1, 0.15) is 18.1 Å². The number of nitrogens with one attached hydrogen (secondary N) is 1. The van der Waals surface area contributed by atoms with E-state index in [9.17, 15) is 9.59 Å². The Hall–Kier alpha value is -3.25. The predicted octanol–water partition coefficient (Wildman–Crippen LogP) is 3.17. The van der Waals surface area contributed by atoms with Crippen LogP contribution in [0.15, 0.2) is 60.2 Å². The van der Waals surface area contributed by atoms with E-state index in [0.29, 0.717) is 23.1 Å². The van der Waals surface area contributed by atoms with Crippen molar-refractivity contribution in [2.45, 2.75) is 0 Å². The normalized spacial score (nSPS) is 12.7. The van der Waals surface area contributed by atoms with E-state index in [2.05, 4.69) is 5.32 Å². The van der Waals surface area contributed by atoms with Crippen molar-refractivity contribution in [3.63, 3.8) is 0 Å². The minimum Gasteiger partial charge on any atom is -0.488 e. The Labute approximate surface area is 161 Å². The minimum absolute atomic E-state index is 0.194. The Morgan fingerprint density at radius 3 is 2.74 bits per heavy atom. The number of primary amides is 1. The van der Waals surface area contributed by atoms with Crippen LogP contribution in [-0.4, -0.2) is 25.0 Å². The summed E-state index contributed by atoms with van der Waals surface area (Å²) in [6.45, 7) is 0.185. The summed E-state index contributed by atoms with van der Waals surface area (Å²) >= 11 is 5.99. The van der Waals surface area contributed by atoms with Crippen molar-refractivity contribution in [2.75, 3.05) is 18.5 Å². The summed E-state index contributed by atoms with van der Waals surface area (Å²) in [6.07, 6.45) is 5.06. The van der Waals surface area contributed by atoms with Crippen LogP contribution in [0, 0.1) is 0 Å². The summed E-state index contributed by atoms with van der Waals surface area (Å²) in [6, 6.07) is 12.0. The molecule has 1 aliphatic heterocycles. The van der Waals surface area contributed by atoms with Crippen molar-refractivity contribution >= 4 is 35.2 Å². The van der Waals surface area contributed by atoms with E-state index in [-0.39, 0.29) is 12.5 Å². The van der Waals surface area contributed by atoms with Gasteiger partial charge >= 0.3 is 0 Å². The smallest absolute Gasteiger partial charge is 0.255 e. The largest absolute Gasteiger partial charge is 0.488 e. The van der Waals surface area contributed by atoms with Crippen molar-refractivity contribution in [1.82, 2.24) is 0 Å². The third-order valence-corrected chi connectivity index (χ3v) is 3.89. The highest BCUT2D eigenvalue weighted by Gasteiger charge is 2.10. The van der Waals surface area contributed by atoms with Gasteiger partial charge in [0, 0.05) is 22.3 Å². The highest BCUT2D eigenvalue weighted by Crippen LogP contribution is 2.29. The molecule has 7 heteroatoms. The van der Waals surface area contributed by atoms with Gasteiger partial charge in [-0.3, -0.25) is 9.59 Å². The SMILES string of the molecule is NC(=O)COc1ccc(NC(=O)/C=C/C2=Cc3cc(Cl)ccc3OC2)cc1. The van der Waals surface area contributed by atoms with E-state index < -0.39 is 5.91 Å². The maximum Gasteiger partial charge on any atom is 0.255 e. The molecular weight excluding hydrogens is 368 g/mol. The molecule has 1 aliphatic rings. The first-order chi connectivity index (χ1) is 13.0. The molecule has 2 aromatic carbocycles. The second-order valence-corrected chi connectivity index (χ2v) is 6.23. The topological polar surface area (TPSA) is 90.7 Å². The zero-order valence-corrected chi connectivity index (χ0v) is 15.0. The van der Waals surface area contributed by atoms with Crippen LogP contribution in [0.3, 0.4) is 0 Å². The first-order valence-electron chi connectivity index (χ1n) is 8.13. The number of rotatable bonds is 6. The van der Waals surface area contributed by atoms with Gasteiger partial charge in [-0.2, -0.15) is 0 Å². The molecule has 0 radical (unpaired) electrons. The first-order valence-corrected chi connectivity index (χ1v) is 8.50. The molecule has 0 aliphatic carbocycles. The van der Waals surface area contributed by atoms with Gasteiger partial charge in [0.25, 0.3) is 5.91 Å². The second-order valence-electron chi connectivity index (χ2n) is 5.79. The first kappa shape index (κ1) is 18.5. The van der Waals surface area contributed by atoms with Crippen molar-refractivity contribution in [2.24, 2.45) is 5.73 Å². The van der Waals surface area contributed by atoms with Crippen molar-refractivity contribution in [1.29, 1.82) is 0 Å². The molecule has 3 N–H and O–H groups in total. The molecule has 0 saturated carbocycles. The lowest BCUT2D eigenvalue weighted by atomic mass is 10.1. The number of anilines is 1. The van der Waals surface area contributed by atoms with Crippen molar-refractivity contribution < 1.29 is 19.1 Å². The Morgan fingerprint density at radius 1 is 1.22 bits per heavy atom. The third kappa shape index (κ3) is 5.36. The Bertz CT molecular complexity index is 920. The van der Waals surface area contributed by atoms with Gasteiger partial charge in [0.15, 0.2) is 6.61 Å². The lowest BCUT2D eigenvalue weighted by Crippen LogP contribution is -2.20. The predicted molar refractivity (Wildman–Crippen MR) is 104 cm³/mol. The summed E-state index contributed by atoms with van der Waals surface area (Å²) in [4.78, 5) is 22.8. The summed E-state index contributed by atoms with van der Waals surface area (Å²) in [5, 5.41) is 3.36. The summed E-state index contributed by atoms with van der Waals surface area (Å²) in [5.41, 5.74) is 7.35. The monoisotopic (exact) mass is 384 g/mol. The molecule has 1 heterocycles. The standard InChI is InChI=1S/C20H17ClN2O4/c21-15-2-7-18-14(10-15)9-13(11-27-18)1-8-20(25)23-16-3-5-17(6-4-16)26-12-19(22)24/h1-10H,11-12H2,(H2,22,24)(H,23,25)/b8-1+. The second kappa shape index (κ2) is 8.42. The van der Waals surface area contributed by atoms with E-state index in [1.165, 1.54) is 6.08 Å². The minimum atomic E-state index is -0.552. The molecule has 0 unspecified atom stereocenters. The van der Waals surface area contributed by atoms with Gasteiger partial charge in [-0.25, -0.2) is 0 Å². The molecule has 2 amide bonds. The summed E-state index contributed by atoms with van der Waals surface area (Å²) in [7, 11) is 0. The maximum absolute atomic E-state index is 12.1. The molecule has 0 atom stereocenters. The number of ether oxygens (including phenoxy) is 2. The molecule has 0 bridgehead atoms. The van der Waals surface area contributed by atoms with Crippen LogP contribution in [0.5, 0.6) is 11.5 Å². The van der Waals surface area contributed by atoms with Gasteiger partial charge in [-0.15, -0.1) is 0 Å². The van der Waals surface area contributed by atoms with Gasteiger partial charge < -0.3 is 20.5 Å². The highest BCUT2D eigenvalue weighted by molar-refractivity contribution is 6.30. The Kier molecular flexibility index (Phi) is 5.78. The van der Waals surface area contributed by atoms with E-state index in [1.807, 2.05) is 18.2 Å². The van der Waals surface area contributed by atoms with E-state index in [4.69, 9.17) is 26.8 Å². The third-order valence-electron chi connectivity index (χ3n) is 3.66. The van der Waals surface area contributed by atoms with Crippen LogP contribution in [0.2, 0.25) is 5.02 Å². The van der Waals surface area contributed by atoms with Gasteiger partial charge in [-0.05, 0) is 54.1 Å². The molecular formula is C20H17ClN2O4. The highest BCUT2D eigenvalue weighted by atomic mass is 35.5. The summed E-state index contributed by atoms with van der Waals surface area (Å²) in [5.74, 6) is 0.422. The molecule has 3 rings (SSSR count). The number of carbonyl (C=O) groups excluding carboxylic acids is 2. The molecule has 6 nitrogen and oxygen atoms in total. The summed E-state index contributed by atoms with van der Waals surface area (Å²) < 4.78 is 10.8. The molecule has 0 aromatic heterocycles. The van der Waals surface area contributed by atoms with E-state index in [1.54, 1.807) is 36.4 Å². The average molecular weight is 385 g/mol. The number of hydrogen-bond acceptors (Lipinski definition) is 4. The lowest BCUT2D eigenvalue weighted by Gasteiger charge is -2.16. The maximum atomic E-state index is 12.1. The number of nitrogens with two attached hydrogens (primary N) is 1. The molecule has 2 aromatic rings. The van der Waals surface area contributed by atoms with Crippen LogP contribution < -0.4 is 20.5 Å². The number of fused-ring (bicyclic) bond motifs is 1. The molecule has 138 valence electrons. The molecule has 0 spiro atoms. The van der Waals surface area contributed by atoms with Gasteiger partial charge in [0.2, 0.25) is 5.91 Å². The average Bonchev–Trinajstić information content (AvgIpc) is 2.65. The number of benzene rings is 2. The van der Waals surface area contributed by atoms with Gasteiger partial charge in [0.05, 0.1) is 0 Å². The quantitative estimate of drug-likeness (QED) is 0.748. The molecule has 0 fully saturated rings. The van der Waals surface area contributed by atoms with Crippen LogP contribution in [0.1, 0.15) is 5.56 Å². The van der Waals surface area contributed by atoms with Gasteiger partial charge in [-0.1, -0.05) is 17.7 Å². The van der Waals surface area contributed by atoms with Crippen molar-refractivity contribution in [3.05, 3.63) is 70.8 Å². The molecule has 27 heavy (non-hydrogen) atoms. The number of amides is 2. The zero-order chi connectivity index (χ0) is 19.2. The lowest BCUT2D eigenvalue weighted by molar-refractivity contribution is -0.120. The van der Waals surface area contributed by atoms with Crippen LogP contribution >= 0.6 is 11.6 Å². The Balaban J connectivity index is 1.58. The fraction of sp³-hybridized carbons (Fsp3) is 0.100. The fourth-order valence-corrected chi connectivity index (χ4v) is 2.60. The fourth-order valence-electron chi connectivity index (χ4n) is 2.42. The van der Waals surface area contributed by atoms with E-state index in [0.717, 1.165) is 16.9 Å². The van der Waals surface area contributed by atoms with E-state index >= 15 is 0 Å². The van der Waals surface area contributed by atoms with Crippen LogP contribution in [0.4, 0.5) is 5.69 Å².